The van der Waals surface area contributed by atoms with Crippen LogP contribution in [0.4, 0.5) is 18.9 Å². The van der Waals surface area contributed by atoms with Gasteiger partial charge in [0.15, 0.2) is 0 Å². The Balaban J connectivity index is 1.56. The number of halogens is 4. The summed E-state index contributed by atoms with van der Waals surface area (Å²) in [6.07, 6.45) is -2.77. The van der Waals surface area contributed by atoms with E-state index in [1.807, 2.05) is 0 Å². The van der Waals surface area contributed by atoms with Crippen LogP contribution in [-0.4, -0.2) is 32.7 Å². The van der Waals surface area contributed by atoms with Gasteiger partial charge in [-0.25, -0.2) is 0 Å². The first kappa shape index (κ1) is 24.1. The number of anilines is 1. The molecule has 168 valence electrons. The number of nitrogens with zero attached hydrogens (tertiary/aromatic N) is 1. The number of benzene rings is 2. The zero-order valence-corrected chi connectivity index (χ0v) is 18.7. The van der Waals surface area contributed by atoms with Gasteiger partial charge in [0.1, 0.15) is 10.1 Å². The SMILES string of the molecule is O=C(CCCN1C(=O)/C(=C/c2cc(Cl)ccc2O)SC1=S)Nc1cccc(C(F)(F)F)c1. The van der Waals surface area contributed by atoms with Crippen molar-refractivity contribution < 1.29 is 27.9 Å². The highest BCUT2D eigenvalue weighted by Gasteiger charge is 2.32. The van der Waals surface area contributed by atoms with Crippen molar-refractivity contribution in [1.29, 1.82) is 0 Å². The number of phenolic OH excluding ortho intramolecular Hbond substituents is 1. The van der Waals surface area contributed by atoms with Crippen LogP contribution < -0.4 is 5.32 Å². The molecule has 0 atom stereocenters. The number of hydrogen-bond donors (Lipinski definition) is 2. The summed E-state index contributed by atoms with van der Waals surface area (Å²) in [4.78, 5) is 26.4. The molecule has 0 aliphatic carbocycles. The van der Waals surface area contributed by atoms with Gasteiger partial charge in [-0.15, -0.1) is 0 Å². The van der Waals surface area contributed by atoms with Crippen LogP contribution in [0.1, 0.15) is 24.0 Å². The van der Waals surface area contributed by atoms with Crippen LogP contribution in [0.3, 0.4) is 0 Å². The summed E-state index contributed by atoms with van der Waals surface area (Å²) in [5.41, 5.74) is -0.441. The van der Waals surface area contributed by atoms with Gasteiger partial charge in [0.25, 0.3) is 5.91 Å². The molecule has 1 fully saturated rings. The van der Waals surface area contributed by atoms with Crippen LogP contribution in [0.2, 0.25) is 5.02 Å². The Labute approximate surface area is 196 Å². The van der Waals surface area contributed by atoms with E-state index in [1.165, 1.54) is 41.3 Å². The molecule has 2 aromatic rings. The highest BCUT2D eigenvalue weighted by Crippen LogP contribution is 2.35. The van der Waals surface area contributed by atoms with Gasteiger partial charge in [0, 0.05) is 29.2 Å². The molecule has 32 heavy (non-hydrogen) atoms. The minimum absolute atomic E-state index is 0.0125. The number of phenols is 1. The molecule has 2 N–H and O–H groups in total. The molecule has 0 bridgehead atoms. The molecule has 3 rings (SSSR count). The second-order valence-electron chi connectivity index (χ2n) is 6.77. The quantitative estimate of drug-likeness (QED) is 0.394. The smallest absolute Gasteiger partial charge is 0.416 e. The van der Waals surface area contributed by atoms with E-state index < -0.39 is 17.6 Å². The maximum atomic E-state index is 12.8. The molecule has 5 nitrogen and oxygen atoms in total. The second kappa shape index (κ2) is 9.93. The molecule has 1 saturated heterocycles. The molecule has 1 heterocycles. The molecule has 2 aromatic carbocycles. The van der Waals surface area contributed by atoms with Crippen LogP contribution in [0.5, 0.6) is 5.75 Å². The highest BCUT2D eigenvalue weighted by atomic mass is 35.5. The first-order valence-electron chi connectivity index (χ1n) is 9.25. The Kier molecular flexibility index (Phi) is 7.47. The molecule has 0 unspecified atom stereocenters. The molecule has 2 amide bonds. The summed E-state index contributed by atoms with van der Waals surface area (Å²) in [5.74, 6) is -0.877. The molecule has 11 heteroatoms. The lowest BCUT2D eigenvalue weighted by atomic mass is 10.2. The van der Waals surface area contributed by atoms with Crippen LogP contribution in [0, 0.1) is 0 Å². The average molecular weight is 501 g/mol. The van der Waals surface area contributed by atoms with E-state index in [-0.39, 0.29) is 36.7 Å². The third-order valence-electron chi connectivity index (χ3n) is 4.41. The Hall–Kier alpha value is -2.56. The topological polar surface area (TPSA) is 69.6 Å². The number of rotatable bonds is 6. The van der Waals surface area contributed by atoms with Crippen LogP contribution in [-0.2, 0) is 15.8 Å². The largest absolute Gasteiger partial charge is 0.507 e. The third-order valence-corrected chi connectivity index (χ3v) is 6.02. The van der Waals surface area contributed by atoms with E-state index in [2.05, 4.69) is 5.32 Å². The van der Waals surface area contributed by atoms with Gasteiger partial charge in [0.2, 0.25) is 5.91 Å². The molecule has 1 aliphatic rings. The molecule has 0 spiro atoms. The van der Waals surface area contributed by atoms with Crippen molar-refractivity contribution in [2.45, 2.75) is 19.0 Å². The predicted octanol–water partition coefficient (Wildman–Crippen LogP) is 5.68. The van der Waals surface area contributed by atoms with E-state index in [4.69, 9.17) is 23.8 Å². The Morgan fingerprint density at radius 2 is 2.00 bits per heavy atom. The van der Waals surface area contributed by atoms with Crippen molar-refractivity contribution in [1.82, 2.24) is 4.90 Å². The third kappa shape index (κ3) is 6.02. The zero-order chi connectivity index (χ0) is 23.5. The van der Waals surface area contributed by atoms with Gasteiger partial charge in [-0.2, -0.15) is 13.2 Å². The first-order chi connectivity index (χ1) is 15.0. The molecule has 0 saturated carbocycles. The van der Waals surface area contributed by atoms with Crippen LogP contribution >= 0.6 is 35.6 Å². The van der Waals surface area contributed by atoms with Gasteiger partial charge >= 0.3 is 6.18 Å². The van der Waals surface area contributed by atoms with Crippen LogP contribution in [0.25, 0.3) is 6.08 Å². The van der Waals surface area contributed by atoms with Crippen LogP contribution in [0.15, 0.2) is 47.4 Å². The molecule has 0 aromatic heterocycles. The average Bonchev–Trinajstić information content (AvgIpc) is 2.97. The minimum Gasteiger partial charge on any atom is -0.507 e. The van der Waals surface area contributed by atoms with Crippen molar-refractivity contribution in [3.8, 4) is 5.75 Å². The molecule has 0 radical (unpaired) electrons. The Morgan fingerprint density at radius 3 is 2.72 bits per heavy atom. The minimum atomic E-state index is -4.50. The summed E-state index contributed by atoms with van der Waals surface area (Å²) in [5, 5.41) is 12.7. The van der Waals surface area contributed by atoms with Crippen molar-refractivity contribution in [3.63, 3.8) is 0 Å². The number of amides is 2. The van der Waals surface area contributed by atoms with Gasteiger partial charge in [-0.1, -0.05) is 41.6 Å². The van der Waals surface area contributed by atoms with Gasteiger partial charge in [-0.3, -0.25) is 14.5 Å². The van der Waals surface area contributed by atoms with E-state index in [1.54, 1.807) is 0 Å². The molecular weight excluding hydrogens is 485 g/mol. The molecule has 1 aliphatic heterocycles. The van der Waals surface area contributed by atoms with E-state index >= 15 is 0 Å². The fraction of sp³-hybridized carbons (Fsp3) is 0.190. The lowest BCUT2D eigenvalue weighted by Crippen LogP contribution is -2.29. The van der Waals surface area contributed by atoms with Crippen molar-refractivity contribution in [3.05, 3.63) is 63.5 Å². The van der Waals surface area contributed by atoms with Crippen molar-refractivity contribution in [2.24, 2.45) is 0 Å². The van der Waals surface area contributed by atoms with Gasteiger partial charge in [0.05, 0.1) is 10.5 Å². The van der Waals surface area contributed by atoms with Crippen molar-refractivity contribution >= 4 is 63.5 Å². The second-order valence-corrected chi connectivity index (χ2v) is 8.88. The fourth-order valence-corrected chi connectivity index (χ4v) is 4.35. The summed E-state index contributed by atoms with van der Waals surface area (Å²) >= 11 is 12.2. The fourth-order valence-electron chi connectivity index (χ4n) is 2.87. The molecular formula is C21H16ClF3N2O3S2. The Morgan fingerprint density at radius 1 is 1.25 bits per heavy atom. The lowest BCUT2D eigenvalue weighted by molar-refractivity contribution is -0.137. The van der Waals surface area contributed by atoms with Gasteiger partial charge in [-0.05, 0) is 48.9 Å². The zero-order valence-electron chi connectivity index (χ0n) is 16.3. The maximum absolute atomic E-state index is 12.8. The number of nitrogens with one attached hydrogen (secondary N) is 1. The summed E-state index contributed by atoms with van der Waals surface area (Å²) in [7, 11) is 0. The lowest BCUT2D eigenvalue weighted by Gasteiger charge is -2.14. The summed E-state index contributed by atoms with van der Waals surface area (Å²) in [6, 6.07) is 8.80. The standard InChI is InChI=1S/C21H16ClF3N2O3S2/c22-14-6-7-16(28)12(9-14)10-17-19(30)27(20(31)32-17)8-2-5-18(29)26-15-4-1-3-13(11-15)21(23,24)25/h1,3-4,6-7,9-11,28H,2,5,8H2,(H,26,29)/b17-10-. The number of carbonyl (C=O) groups excluding carboxylic acids is 2. The summed E-state index contributed by atoms with van der Waals surface area (Å²) < 4.78 is 38.6. The first-order valence-corrected chi connectivity index (χ1v) is 10.9. The Bertz CT molecular complexity index is 1110. The van der Waals surface area contributed by atoms with E-state index in [0.29, 0.717) is 19.8 Å². The number of carbonyl (C=O) groups is 2. The monoisotopic (exact) mass is 500 g/mol. The number of thioether (sulfide) groups is 1. The number of hydrogen-bond acceptors (Lipinski definition) is 5. The normalized spacial score (nSPS) is 15.5. The van der Waals surface area contributed by atoms with E-state index in [9.17, 15) is 27.9 Å². The maximum Gasteiger partial charge on any atom is 0.416 e. The van der Waals surface area contributed by atoms with Crippen molar-refractivity contribution in [2.75, 3.05) is 11.9 Å². The van der Waals surface area contributed by atoms with Gasteiger partial charge < -0.3 is 10.4 Å². The highest BCUT2D eigenvalue weighted by molar-refractivity contribution is 8.26. The summed E-state index contributed by atoms with van der Waals surface area (Å²) in [6.45, 7) is 0.166. The van der Waals surface area contributed by atoms with E-state index in [0.717, 1.165) is 23.9 Å². The predicted molar refractivity (Wildman–Crippen MR) is 122 cm³/mol. The number of alkyl halides is 3. The number of aromatic hydroxyl groups is 1. The number of thiocarbonyl (C=S) groups is 1.